The fourth-order valence-corrected chi connectivity index (χ4v) is 3.35. The largest absolute Gasteiger partial charge is 0.494 e. The Morgan fingerprint density at radius 2 is 1.78 bits per heavy atom. The van der Waals surface area contributed by atoms with Crippen LogP contribution in [0.5, 0.6) is 5.88 Å². The van der Waals surface area contributed by atoms with Gasteiger partial charge in [0.25, 0.3) is 5.56 Å². The van der Waals surface area contributed by atoms with E-state index in [1.54, 1.807) is 0 Å². The normalized spacial score (nSPS) is 15.6. The topological polar surface area (TPSA) is 90.7 Å². The van der Waals surface area contributed by atoms with Gasteiger partial charge in [0.2, 0.25) is 5.88 Å². The Kier molecular flexibility index (Phi) is 6.11. The quantitative estimate of drug-likeness (QED) is 0.790. The van der Waals surface area contributed by atoms with Gasteiger partial charge in [-0.15, -0.1) is 0 Å². The maximum atomic E-state index is 12.4. The number of nitrogens with one attached hydrogen (secondary N) is 1. The van der Waals surface area contributed by atoms with E-state index in [-0.39, 0.29) is 18.0 Å². The van der Waals surface area contributed by atoms with Gasteiger partial charge in [0.05, 0.1) is 12.3 Å². The molecule has 0 radical (unpaired) electrons. The third-order valence-corrected chi connectivity index (χ3v) is 4.82. The molecule has 1 aliphatic rings. The lowest BCUT2D eigenvalue weighted by Crippen LogP contribution is -2.35. The first-order valence-electron chi connectivity index (χ1n) is 9.53. The molecule has 0 spiro atoms. The molecule has 3 rings (SSSR count). The number of aromatic amines is 1. The Hall–Kier alpha value is -2.83. The number of aromatic nitrogens is 2. The minimum Gasteiger partial charge on any atom is -0.494 e. The van der Waals surface area contributed by atoms with E-state index in [1.807, 2.05) is 42.3 Å². The molecule has 2 N–H and O–H groups in total. The minimum absolute atomic E-state index is 0.0808. The number of aromatic hydroxyl groups is 1. The van der Waals surface area contributed by atoms with Gasteiger partial charge < -0.3 is 5.11 Å². The van der Waals surface area contributed by atoms with E-state index in [9.17, 15) is 14.7 Å². The second-order valence-corrected chi connectivity index (χ2v) is 6.80. The molecule has 0 aliphatic carbocycles. The number of H-pyrrole nitrogens is 1. The van der Waals surface area contributed by atoms with Crippen LogP contribution >= 0.6 is 0 Å². The van der Waals surface area contributed by atoms with E-state index in [4.69, 9.17) is 0 Å². The highest BCUT2D eigenvalue weighted by Gasteiger charge is 2.20. The Labute approximate surface area is 158 Å². The molecule has 2 aromatic rings. The maximum absolute atomic E-state index is 12.4. The summed E-state index contributed by atoms with van der Waals surface area (Å²) in [5.41, 5.74) is 0.206. The van der Waals surface area contributed by atoms with Gasteiger partial charge in [0.1, 0.15) is 5.56 Å². The Balaban J connectivity index is 2.01. The SMILES string of the molecule is CCC(=NN1CCCCCC1)c1c(O)n(Cc2ccccc2)c(=O)[nH]c1=O. The number of hydrazone groups is 1. The van der Waals surface area contributed by atoms with Crippen molar-refractivity contribution in [3.8, 4) is 5.88 Å². The number of nitrogens with zero attached hydrogens (tertiary/aromatic N) is 3. The van der Waals surface area contributed by atoms with Crippen LogP contribution in [0.4, 0.5) is 0 Å². The highest BCUT2D eigenvalue weighted by molar-refractivity contribution is 6.01. The minimum atomic E-state index is -0.629. The van der Waals surface area contributed by atoms with Crippen LogP contribution in [0, 0.1) is 0 Å². The van der Waals surface area contributed by atoms with Crippen LogP contribution in [0.15, 0.2) is 45.0 Å². The zero-order valence-corrected chi connectivity index (χ0v) is 15.6. The van der Waals surface area contributed by atoms with Crippen molar-refractivity contribution in [1.29, 1.82) is 0 Å². The molecule has 144 valence electrons. The molecule has 0 saturated carbocycles. The standard InChI is InChI=1S/C20H26N4O3/c1-2-16(22-23-12-8-3-4-9-13-23)17-18(25)21-20(27)24(19(17)26)14-15-10-6-5-7-11-15/h5-7,10-11,26H,2-4,8-9,12-14H2,1H3,(H,21,25,27). The van der Waals surface area contributed by atoms with E-state index in [0.717, 1.165) is 31.5 Å². The van der Waals surface area contributed by atoms with Crippen LogP contribution in [0.1, 0.15) is 50.2 Å². The van der Waals surface area contributed by atoms with E-state index in [0.29, 0.717) is 12.1 Å². The first-order valence-corrected chi connectivity index (χ1v) is 9.53. The van der Waals surface area contributed by atoms with Gasteiger partial charge in [-0.3, -0.25) is 19.4 Å². The summed E-state index contributed by atoms with van der Waals surface area (Å²) in [6.07, 6.45) is 4.98. The number of rotatable bonds is 5. The number of hydrogen-bond donors (Lipinski definition) is 2. The Morgan fingerprint density at radius 1 is 1.11 bits per heavy atom. The number of benzene rings is 1. The van der Waals surface area contributed by atoms with Crippen LogP contribution in [-0.2, 0) is 6.54 Å². The van der Waals surface area contributed by atoms with E-state index >= 15 is 0 Å². The van der Waals surface area contributed by atoms with Crippen LogP contribution in [0.2, 0.25) is 0 Å². The molecule has 1 fully saturated rings. The molecule has 0 atom stereocenters. The average molecular weight is 370 g/mol. The van der Waals surface area contributed by atoms with Gasteiger partial charge in [0.15, 0.2) is 0 Å². The zero-order valence-electron chi connectivity index (χ0n) is 15.6. The van der Waals surface area contributed by atoms with Crippen molar-refractivity contribution >= 4 is 5.71 Å². The lowest BCUT2D eigenvalue weighted by atomic mass is 10.1. The van der Waals surface area contributed by atoms with E-state index < -0.39 is 11.2 Å². The maximum Gasteiger partial charge on any atom is 0.331 e. The van der Waals surface area contributed by atoms with Gasteiger partial charge in [-0.2, -0.15) is 5.10 Å². The number of hydrogen-bond acceptors (Lipinski definition) is 5. The third kappa shape index (κ3) is 4.48. The van der Waals surface area contributed by atoms with Gasteiger partial charge in [0, 0.05) is 13.1 Å². The van der Waals surface area contributed by atoms with Crippen molar-refractivity contribution in [2.75, 3.05) is 13.1 Å². The van der Waals surface area contributed by atoms with Crippen molar-refractivity contribution in [2.45, 2.75) is 45.6 Å². The summed E-state index contributed by atoms with van der Waals surface area (Å²) < 4.78 is 1.18. The van der Waals surface area contributed by atoms with Gasteiger partial charge in [-0.05, 0) is 24.8 Å². The lowest BCUT2D eigenvalue weighted by molar-refractivity contribution is 0.300. The highest BCUT2D eigenvalue weighted by Crippen LogP contribution is 2.17. The Morgan fingerprint density at radius 3 is 2.41 bits per heavy atom. The smallest absolute Gasteiger partial charge is 0.331 e. The Bertz CT molecular complexity index is 907. The van der Waals surface area contributed by atoms with Crippen LogP contribution in [-0.4, -0.2) is 38.5 Å². The van der Waals surface area contributed by atoms with Gasteiger partial charge >= 0.3 is 5.69 Å². The molecule has 1 saturated heterocycles. The van der Waals surface area contributed by atoms with Gasteiger partial charge in [-0.1, -0.05) is 50.1 Å². The van der Waals surface area contributed by atoms with Crippen molar-refractivity contribution in [3.05, 3.63) is 62.3 Å². The predicted molar refractivity (Wildman–Crippen MR) is 105 cm³/mol. The molecule has 1 aliphatic heterocycles. The molecule has 27 heavy (non-hydrogen) atoms. The average Bonchev–Trinajstić information content (AvgIpc) is 2.93. The predicted octanol–water partition coefficient (Wildman–Crippen LogP) is 2.28. The van der Waals surface area contributed by atoms with Gasteiger partial charge in [-0.25, -0.2) is 4.79 Å². The summed E-state index contributed by atoms with van der Waals surface area (Å²) in [5.74, 6) is -0.331. The summed E-state index contributed by atoms with van der Waals surface area (Å²) >= 11 is 0. The molecule has 0 unspecified atom stereocenters. The molecule has 7 heteroatoms. The van der Waals surface area contributed by atoms with E-state index in [1.165, 1.54) is 17.4 Å². The first kappa shape index (κ1) is 18.9. The molecular weight excluding hydrogens is 344 g/mol. The molecule has 2 heterocycles. The second-order valence-electron chi connectivity index (χ2n) is 6.80. The molecule has 1 aromatic heterocycles. The molecular formula is C20H26N4O3. The monoisotopic (exact) mass is 370 g/mol. The van der Waals surface area contributed by atoms with Crippen molar-refractivity contribution in [2.24, 2.45) is 5.10 Å². The fraction of sp³-hybridized carbons (Fsp3) is 0.450. The van der Waals surface area contributed by atoms with Crippen LogP contribution in [0.25, 0.3) is 0 Å². The molecule has 0 amide bonds. The van der Waals surface area contributed by atoms with Crippen LogP contribution in [0.3, 0.4) is 0 Å². The van der Waals surface area contributed by atoms with Crippen LogP contribution < -0.4 is 11.2 Å². The summed E-state index contributed by atoms with van der Waals surface area (Å²) in [7, 11) is 0. The van der Waals surface area contributed by atoms with Crippen molar-refractivity contribution in [3.63, 3.8) is 0 Å². The highest BCUT2D eigenvalue weighted by atomic mass is 16.3. The zero-order chi connectivity index (χ0) is 19.2. The van der Waals surface area contributed by atoms with Crippen molar-refractivity contribution < 1.29 is 5.11 Å². The van der Waals surface area contributed by atoms with Crippen molar-refractivity contribution in [1.82, 2.24) is 14.6 Å². The fourth-order valence-electron chi connectivity index (χ4n) is 3.35. The summed E-state index contributed by atoms with van der Waals surface area (Å²) in [6, 6.07) is 9.34. The summed E-state index contributed by atoms with van der Waals surface area (Å²) in [5, 5.41) is 17.3. The summed E-state index contributed by atoms with van der Waals surface area (Å²) in [4.78, 5) is 27.0. The molecule has 0 bridgehead atoms. The first-order chi connectivity index (χ1) is 13.1. The lowest BCUT2D eigenvalue weighted by Gasteiger charge is -2.19. The van der Waals surface area contributed by atoms with E-state index in [2.05, 4.69) is 10.1 Å². The third-order valence-electron chi connectivity index (χ3n) is 4.82. The second kappa shape index (κ2) is 8.70. The molecule has 1 aromatic carbocycles. The summed E-state index contributed by atoms with van der Waals surface area (Å²) in [6.45, 7) is 3.75. The molecule has 7 nitrogen and oxygen atoms in total.